The number of hydrogen-bond acceptors (Lipinski definition) is 7. The van der Waals surface area contributed by atoms with Crippen LogP contribution in [0.4, 0.5) is 9.18 Å². The van der Waals surface area contributed by atoms with Gasteiger partial charge in [-0.05, 0) is 53.0 Å². The molecular weight excluding hydrogens is 549 g/mol. The molecule has 13 heteroatoms. The Morgan fingerprint density at radius 1 is 1.07 bits per heavy atom. The van der Waals surface area contributed by atoms with E-state index in [1.807, 2.05) is 24.3 Å². The van der Waals surface area contributed by atoms with Crippen molar-refractivity contribution in [1.29, 1.82) is 0 Å². The second kappa shape index (κ2) is 13.0. The maximum Gasteiger partial charge on any atom is 0.408 e. The van der Waals surface area contributed by atoms with Crippen LogP contribution >= 0.6 is 0 Å². The third kappa shape index (κ3) is 7.29. The molecule has 42 heavy (non-hydrogen) atoms. The lowest BCUT2D eigenvalue weighted by Crippen LogP contribution is -2.62. The first-order chi connectivity index (χ1) is 19.9. The van der Waals surface area contributed by atoms with E-state index in [0.29, 0.717) is 38.0 Å². The Balaban J connectivity index is 1.51. The van der Waals surface area contributed by atoms with E-state index >= 15 is 0 Å². The van der Waals surface area contributed by atoms with Crippen molar-refractivity contribution in [3.63, 3.8) is 0 Å². The zero-order valence-corrected chi connectivity index (χ0v) is 24.5. The van der Waals surface area contributed by atoms with Crippen molar-refractivity contribution in [3.05, 3.63) is 29.8 Å². The second-order valence-corrected chi connectivity index (χ2v) is 11.9. The Morgan fingerprint density at radius 2 is 1.81 bits per heavy atom. The molecule has 0 saturated carbocycles. The standard InChI is InChI=1S/C29H40FN5O7/c1-17(31-28(40)42-29(2,3)4)25(37)33-21-16-34(24(36)15-30)13-11-18-9-10-22(35(18)27(21)39)26(38)32-20-12-14-41-23-8-6-5-7-19(20)23/h5-8,17-18,20-22H,9-16H2,1-4H3,(H,31,40)(H,32,38)(H,33,37)/t17-,18+,20+,21-,22-/m0/s1. The van der Waals surface area contributed by atoms with Crippen molar-refractivity contribution in [1.82, 2.24) is 25.8 Å². The summed E-state index contributed by atoms with van der Waals surface area (Å²) >= 11 is 0. The molecule has 0 radical (unpaired) electrons. The van der Waals surface area contributed by atoms with E-state index in [9.17, 15) is 28.4 Å². The first kappa shape index (κ1) is 31.0. The molecule has 3 aliphatic heterocycles. The number of carbonyl (C=O) groups is 5. The van der Waals surface area contributed by atoms with Crippen LogP contribution in [0.25, 0.3) is 0 Å². The molecule has 5 atom stereocenters. The van der Waals surface area contributed by atoms with E-state index in [4.69, 9.17) is 9.47 Å². The fourth-order valence-electron chi connectivity index (χ4n) is 5.66. The Morgan fingerprint density at radius 3 is 2.52 bits per heavy atom. The van der Waals surface area contributed by atoms with E-state index in [1.165, 1.54) is 16.7 Å². The number of amides is 5. The Labute approximate surface area is 244 Å². The maximum atomic E-state index is 14.0. The van der Waals surface area contributed by atoms with E-state index in [1.54, 1.807) is 20.8 Å². The van der Waals surface area contributed by atoms with Gasteiger partial charge in [-0.3, -0.25) is 19.2 Å². The van der Waals surface area contributed by atoms with Crippen molar-refractivity contribution >= 4 is 29.7 Å². The molecule has 3 heterocycles. The quantitative estimate of drug-likeness (QED) is 0.457. The molecule has 0 aliphatic carbocycles. The molecule has 0 spiro atoms. The van der Waals surface area contributed by atoms with Gasteiger partial charge in [-0.15, -0.1) is 0 Å². The Hall–Kier alpha value is -3.90. The molecule has 3 N–H and O–H groups in total. The molecule has 0 unspecified atom stereocenters. The minimum atomic E-state index is -1.25. The number of nitrogens with one attached hydrogen (secondary N) is 3. The van der Waals surface area contributed by atoms with Crippen LogP contribution in [-0.4, -0.2) is 95.7 Å². The fourth-order valence-corrected chi connectivity index (χ4v) is 5.66. The van der Waals surface area contributed by atoms with Crippen LogP contribution in [0.2, 0.25) is 0 Å². The van der Waals surface area contributed by atoms with Crippen LogP contribution in [0, 0.1) is 0 Å². The molecule has 0 bridgehead atoms. The number of alkyl carbamates (subject to hydrolysis) is 1. The second-order valence-electron chi connectivity index (χ2n) is 11.9. The van der Waals surface area contributed by atoms with E-state index in [-0.39, 0.29) is 31.1 Å². The zero-order chi connectivity index (χ0) is 30.6. The molecule has 230 valence electrons. The van der Waals surface area contributed by atoms with Gasteiger partial charge in [0.25, 0.3) is 5.91 Å². The molecule has 1 aromatic carbocycles. The van der Waals surface area contributed by atoms with Crippen LogP contribution in [0.1, 0.15) is 65.0 Å². The van der Waals surface area contributed by atoms with E-state index in [0.717, 1.165) is 5.56 Å². The number of benzene rings is 1. The molecule has 3 aliphatic rings. The normalized spacial score (nSPS) is 24.6. The molecule has 5 amide bonds. The monoisotopic (exact) mass is 589 g/mol. The van der Waals surface area contributed by atoms with Gasteiger partial charge in [0.1, 0.15) is 29.5 Å². The van der Waals surface area contributed by atoms with Crippen LogP contribution in [0.5, 0.6) is 5.75 Å². The molecule has 4 rings (SSSR count). The molecule has 1 aromatic rings. The number of alkyl halides is 1. The maximum absolute atomic E-state index is 14.0. The lowest BCUT2D eigenvalue weighted by Gasteiger charge is -2.39. The lowest BCUT2D eigenvalue weighted by atomic mass is 10.00. The van der Waals surface area contributed by atoms with Crippen molar-refractivity contribution < 1.29 is 37.8 Å². The summed E-state index contributed by atoms with van der Waals surface area (Å²) in [6.07, 6.45) is 1.06. The van der Waals surface area contributed by atoms with E-state index < -0.39 is 54.2 Å². The highest BCUT2D eigenvalue weighted by Gasteiger charge is 2.46. The van der Waals surface area contributed by atoms with Crippen molar-refractivity contribution in [2.75, 3.05) is 26.4 Å². The number of para-hydroxylation sites is 1. The highest BCUT2D eigenvalue weighted by molar-refractivity contribution is 5.95. The largest absolute Gasteiger partial charge is 0.493 e. The summed E-state index contributed by atoms with van der Waals surface area (Å²) < 4.78 is 24.3. The van der Waals surface area contributed by atoms with Crippen LogP contribution in [0.15, 0.2) is 24.3 Å². The Kier molecular flexibility index (Phi) is 9.57. The van der Waals surface area contributed by atoms with Gasteiger partial charge in [-0.1, -0.05) is 18.2 Å². The average Bonchev–Trinajstić information content (AvgIpc) is 3.35. The van der Waals surface area contributed by atoms with Crippen LogP contribution in [-0.2, 0) is 23.9 Å². The summed E-state index contributed by atoms with van der Waals surface area (Å²) in [5.41, 5.74) is 0.0819. The van der Waals surface area contributed by atoms with Gasteiger partial charge >= 0.3 is 6.09 Å². The van der Waals surface area contributed by atoms with Gasteiger partial charge in [-0.25, -0.2) is 9.18 Å². The summed E-state index contributed by atoms with van der Waals surface area (Å²) in [6.45, 7) is 5.58. The van der Waals surface area contributed by atoms with Crippen molar-refractivity contribution in [2.45, 2.75) is 89.2 Å². The average molecular weight is 590 g/mol. The van der Waals surface area contributed by atoms with Gasteiger partial charge in [0.05, 0.1) is 12.6 Å². The summed E-state index contributed by atoms with van der Waals surface area (Å²) in [5.74, 6) is -1.63. The summed E-state index contributed by atoms with van der Waals surface area (Å²) in [7, 11) is 0. The number of nitrogens with zero attached hydrogens (tertiary/aromatic N) is 2. The Bertz CT molecular complexity index is 1210. The van der Waals surface area contributed by atoms with Gasteiger partial charge in [0.15, 0.2) is 6.67 Å². The van der Waals surface area contributed by atoms with Gasteiger partial charge in [-0.2, -0.15) is 0 Å². The highest BCUT2D eigenvalue weighted by Crippen LogP contribution is 2.34. The smallest absolute Gasteiger partial charge is 0.408 e. The number of rotatable bonds is 6. The van der Waals surface area contributed by atoms with Gasteiger partial charge < -0.3 is 35.2 Å². The summed E-state index contributed by atoms with van der Waals surface area (Å²) in [4.78, 5) is 67.9. The predicted octanol–water partition coefficient (Wildman–Crippen LogP) is 1.59. The van der Waals surface area contributed by atoms with Crippen LogP contribution in [0.3, 0.4) is 0 Å². The number of carbonyl (C=O) groups excluding carboxylic acids is 5. The van der Waals surface area contributed by atoms with Gasteiger partial charge in [0, 0.05) is 31.1 Å². The number of halogens is 1. The number of hydrogen-bond donors (Lipinski definition) is 3. The highest BCUT2D eigenvalue weighted by atomic mass is 19.1. The molecule has 2 saturated heterocycles. The molecule has 0 aromatic heterocycles. The third-order valence-electron chi connectivity index (χ3n) is 7.68. The fraction of sp³-hybridized carbons (Fsp3) is 0.621. The van der Waals surface area contributed by atoms with Gasteiger partial charge in [0.2, 0.25) is 17.7 Å². The number of ether oxygens (including phenoxy) is 2. The molecule has 12 nitrogen and oxygen atoms in total. The molecular formula is C29H40FN5O7. The summed E-state index contributed by atoms with van der Waals surface area (Å²) in [5, 5.41) is 8.12. The minimum absolute atomic E-state index is 0.164. The van der Waals surface area contributed by atoms with Crippen molar-refractivity contribution in [2.24, 2.45) is 0 Å². The first-order valence-electron chi connectivity index (χ1n) is 14.4. The topological polar surface area (TPSA) is 146 Å². The third-order valence-corrected chi connectivity index (χ3v) is 7.68. The zero-order valence-electron chi connectivity index (χ0n) is 24.5. The van der Waals surface area contributed by atoms with E-state index in [2.05, 4.69) is 16.0 Å². The SMILES string of the molecule is C[C@H](NC(=O)OC(C)(C)C)C(=O)N[C@H]1CN(C(=O)CF)CC[C@H]2CC[C@@H](C(=O)N[C@@H]3CCOc4ccccc43)N2C1=O. The minimum Gasteiger partial charge on any atom is -0.493 e. The lowest BCUT2D eigenvalue weighted by molar-refractivity contribution is -0.147. The van der Waals surface area contributed by atoms with Crippen molar-refractivity contribution in [3.8, 4) is 5.75 Å². The predicted molar refractivity (Wildman–Crippen MR) is 149 cm³/mol. The molecule has 2 fully saturated rings. The summed E-state index contributed by atoms with van der Waals surface area (Å²) in [6, 6.07) is 3.71. The van der Waals surface area contributed by atoms with Crippen LogP contribution < -0.4 is 20.7 Å². The number of fused-ring (bicyclic) bond motifs is 2. The first-order valence-corrected chi connectivity index (χ1v) is 14.4.